The Morgan fingerprint density at radius 2 is 1.71 bits per heavy atom. The SMILES string of the molecule is COC(=O)[C@H](Cc1ccccc1)NC(=O)COc1ccc(Oc2cnc3cc(Cl)ccc3n2)cc1. The van der Waals surface area contributed by atoms with Crippen molar-refractivity contribution in [3.05, 3.63) is 89.6 Å². The van der Waals surface area contributed by atoms with Crippen molar-refractivity contribution in [2.75, 3.05) is 13.7 Å². The number of hydrogen-bond acceptors (Lipinski definition) is 7. The first-order valence-electron chi connectivity index (χ1n) is 10.7. The number of nitrogens with one attached hydrogen (secondary N) is 1. The molecule has 0 aliphatic rings. The minimum atomic E-state index is -0.812. The van der Waals surface area contributed by atoms with Crippen molar-refractivity contribution >= 4 is 34.5 Å². The Kier molecular flexibility index (Phi) is 7.74. The molecule has 35 heavy (non-hydrogen) atoms. The van der Waals surface area contributed by atoms with Crippen LogP contribution in [0.1, 0.15) is 5.56 Å². The quantitative estimate of drug-likeness (QED) is 0.347. The molecule has 0 saturated carbocycles. The van der Waals surface area contributed by atoms with Crippen molar-refractivity contribution in [3.8, 4) is 17.4 Å². The lowest BCUT2D eigenvalue weighted by molar-refractivity contribution is -0.145. The molecule has 0 saturated heterocycles. The van der Waals surface area contributed by atoms with Crippen LogP contribution < -0.4 is 14.8 Å². The van der Waals surface area contributed by atoms with Gasteiger partial charge in [-0.3, -0.25) is 4.79 Å². The lowest BCUT2D eigenvalue weighted by atomic mass is 10.1. The van der Waals surface area contributed by atoms with Gasteiger partial charge in [-0.15, -0.1) is 0 Å². The fraction of sp³-hybridized carbons (Fsp3) is 0.154. The van der Waals surface area contributed by atoms with Gasteiger partial charge in [-0.1, -0.05) is 41.9 Å². The maximum Gasteiger partial charge on any atom is 0.328 e. The number of hydrogen-bond donors (Lipinski definition) is 1. The van der Waals surface area contributed by atoms with Crippen molar-refractivity contribution in [2.24, 2.45) is 0 Å². The van der Waals surface area contributed by atoms with E-state index in [-0.39, 0.29) is 6.61 Å². The fourth-order valence-corrected chi connectivity index (χ4v) is 3.48. The van der Waals surface area contributed by atoms with Crippen LogP contribution in [0, 0.1) is 0 Å². The molecule has 0 radical (unpaired) electrons. The Labute approximate surface area is 206 Å². The highest BCUT2D eigenvalue weighted by Gasteiger charge is 2.22. The highest BCUT2D eigenvalue weighted by Crippen LogP contribution is 2.24. The zero-order chi connectivity index (χ0) is 24.6. The van der Waals surface area contributed by atoms with Crippen LogP contribution in [0.2, 0.25) is 5.02 Å². The van der Waals surface area contributed by atoms with Crippen LogP contribution in [-0.4, -0.2) is 41.6 Å². The number of nitrogens with zero attached hydrogens (tertiary/aromatic N) is 2. The standard InChI is InChI=1S/C26H22ClN3O5/c1-33-26(32)23(13-17-5-3-2-4-6-17)29-24(31)16-34-19-8-10-20(11-9-19)35-25-15-28-22-14-18(27)7-12-21(22)30-25/h2-12,14-15,23H,13,16H2,1H3,(H,29,31)/t23-/m0/s1. The predicted octanol–water partition coefficient (Wildman–Crippen LogP) is 4.35. The zero-order valence-electron chi connectivity index (χ0n) is 18.8. The van der Waals surface area contributed by atoms with E-state index in [1.807, 2.05) is 30.3 Å². The summed E-state index contributed by atoms with van der Waals surface area (Å²) >= 11 is 5.97. The van der Waals surface area contributed by atoms with E-state index in [0.29, 0.717) is 39.9 Å². The van der Waals surface area contributed by atoms with E-state index in [4.69, 9.17) is 25.8 Å². The van der Waals surface area contributed by atoms with Gasteiger partial charge in [0.25, 0.3) is 5.91 Å². The summed E-state index contributed by atoms with van der Waals surface area (Å²) < 4.78 is 16.1. The molecule has 0 spiro atoms. The molecule has 1 atom stereocenters. The number of esters is 1. The minimum absolute atomic E-state index is 0.263. The number of aromatic nitrogens is 2. The lowest BCUT2D eigenvalue weighted by Gasteiger charge is -2.17. The van der Waals surface area contributed by atoms with E-state index in [9.17, 15) is 9.59 Å². The second-order valence-electron chi connectivity index (χ2n) is 7.54. The third-order valence-electron chi connectivity index (χ3n) is 5.00. The molecule has 9 heteroatoms. The van der Waals surface area contributed by atoms with Gasteiger partial charge in [0.05, 0.1) is 24.3 Å². The Morgan fingerprint density at radius 1 is 0.971 bits per heavy atom. The molecule has 4 aromatic rings. The summed E-state index contributed by atoms with van der Waals surface area (Å²) in [6, 6.07) is 20.5. The summed E-state index contributed by atoms with van der Waals surface area (Å²) in [5.74, 6) is 0.356. The number of rotatable bonds is 9. The molecule has 1 aromatic heterocycles. The van der Waals surface area contributed by atoms with E-state index >= 15 is 0 Å². The number of methoxy groups -OCH3 is 1. The van der Waals surface area contributed by atoms with Crippen LogP contribution >= 0.6 is 11.6 Å². The molecule has 0 aliphatic carbocycles. The zero-order valence-corrected chi connectivity index (χ0v) is 19.6. The van der Waals surface area contributed by atoms with Gasteiger partial charge in [0.2, 0.25) is 5.88 Å². The van der Waals surface area contributed by atoms with E-state index < -0.39 is 17.9 Å². The van der Waals surface area contributed by atoms with Gasteiger partial charge in [0.1, 0.15) is 17.5 Å². The normalized spacial score (nSPS) is 11.5. The molecule has 4 rings (SSSR count). The molecule has 0 fully saturated rings. The molecule has 1 heterocycles. The maximum atomic E-state index is 12.4. The van der Waals surface area contributed by atoms with E-state index in [1.165, 1.54) is 13.3 Å². The number of ether oxygens (including phenoxy) is 3. The van der Waals surface area contributed by atoms with Gasteiger partial charge in [-0.2, -0.15) is 0 Å². The number of carbonyl (C=O) groups is 2. The molecule has 1 N–H and O–H groups in total. The number of fused-ring (bicyclic) bond motifs is 1. The lowest BCUT2D eigenvalue weighted by Crippen LogP contribution is -2.44. The van der Waals surface area contributed by atoms with Crippen LogP contribution in [0.3, 0.4) is 0 Å². The summed E-state index contributed by atoms with van der Waals surface area (Å²) in [4.78, 5) is 33.2. The largest absolute Gasteiger partial charge is 0.484 e. The molecule has 0 aliphatic heterocycles. The first-order chi connectivity index (χ1) is 17.0. The second-order valence-corrected chi connectivity index (χ2v) is 7.97. The van der Waals surface area contributed by atoms with E-state index in [2.05, 4.69) is 15.3 Å². The summed E-state index contributed by atoms with van der Waals surface area (Å²) in [7, 11) is 1.28. The Morgan fingerprint density at radius 3 is 2.46 bits per heavy atom. The van der Waals surface area contributed by atoms with E-state index in [0.717, 1.165) is 5.56 Å². The average Bonchev–Trinajstić information content (AvgIpc) is 2.88. The van der Waals surface area contributed by atoms with Gasteiger partial charge in [0.15, 0.2) is 6.61 Å². The third kappa shape index (κ3) is 6.68. The number of amides is 1. The molecule has 0 unspecified atom stereocenters. The van der Waals surface area contributed by atoms with Crippen molar-refractivity contribution in [3.63, 3.8) is 0 Å². The molecule has 3 aromatic carbocycles. The average molecular weight is 492 g/mol. The van der Waals surface area contributed by atoms with Crippen molar-refractivity contribution in [2.45, 2.75) is 12.5 Å². The topological polar surface area (TPSA) is 99.6 Å². The molecular weight excluding hydrogens is 470 g/mol. The van der Waals surface area contributed by atoms with Crippen LogP contribution in [0.4, 0.5) is 0 Å². The molecule has 178 valence electrons. The van der Waals surface area contributed by atoms with Gasteiger partial charge >= 0.3 is 5.97 Å². The Bertz CT molecular complexity index is 1320. The van der Waals surface area contributed by atoms with Crippen LogP contribution in [0.25, 0.3) is 11.0 Å². The first kappa shape index (κ1) is 24.0. The summed E-state index contributed by atoms with van der Waals surface area (Å²) in [6.45, 7) is -0.263. The highest BCUT2D eigenvalue weighted by atomic mass is 35.5. The number of halogens is 1. The van der Waals surface area contributed by atoms with Crippen molar-refractivity contribution in [1.29, 1.82) is 0 Å². The minimum Gasteiger partial charge on any atom is -0.484 e. The van der Waals surface area contributed by atoms with E-state index in [1.54, 1.807) is 42.5 Å². The van der Waals surface area contributed by atoms with Crippen molar-refractivity contribution in [1.82, 2.24) is 15.3 Å². The van der Waals surface area contributed by atoms with Crippen molar-refractivity contribution < 1.29 is 23.8 Å². The summed E-state index contributed by atoms with van der Waals surface area (Å²) in [5, 5.41) is 3.25. The second kappa shape index (κ2) is 11.3. The molecular formula is C26H22ClN3O5. The highest BCUT2D eigenvalue weighted by molar-refractivity contribution is 6.31. The van der Waals surface area contributed by atoms with Gasteiger partial charge < -0.3 is 19.5 Å². The fourth-order valence-electron chi connectivity index (χ4n) is 3.31. The number of benzene rings is 3. The first-order valence-corrected chi connectivity index (χ1v) is 11.1. The van der Waals surface area contributed by atoms with Gasteiger partial charge in [-0.05, 0) is 48.0 Å². The van der Waals surface area contributed by atoms with Crippen LogP contribution in [0.15, 0.2) is 79.0 Å². The summed E-state index contributed by atoms with van der Waals surface area (Å²) in [5.41, 5.74) is 2.24. The maximum absolute atomic E-state index is 12.4. The number of carbonyl (C=O) groups excluding carboxylic acids is 2. The van der Waals surface area contributed by atoms with Gasteiger partial charge in [0, 0.05) is 11.4 Å². The summed E-state index contributed by atoms with van der Waals surface area (Å²) in [6.07, 6.45) is 1.83. The molecule has 8 nitrogen and oxygen atoms in total. The monoisotopic (exact) mass is 491 g/mol. The smallest absolute Gasteiger partial charge is 0.328 e. The molecule has 0 bridgehead atoms. The predicted molar refractivity (Wildman–Crippen MR) is 131 cm³/mol. The Hall–Kier alpha value is -4.17. The Balaban J connectivity index is 1.31. The molecule has 1 amide bonds. The third-order valence-corrected chi connectivity index (χ3v) is 5.24. The van der Waals surface area contributed by atoms with Crippen LogP contribution in [0.5, 0.6) is 17.4 Å². The van der Waals surface area contributed by atoms with Crippen LogP contribution in [-0.2, 0) is 20.7 Å². The van der Waals surface area contributed by atoms with Gasteiger partial charge in [-0.25, -0.2) is 14.8 Å².